The van der Waals surface area contributed by atoms with E-state index in [9.17, 15) is 9.59 Å². The minimum absolute atomic E-state index is 0.0221. The maximum atomic E-state index is 11.9. The second-order valence-electron chi connectivity index (χ2n) is 27.1. The number of nitrogens with zero attached hydrogens (tertiary/aromatic N) is 10. The normalized spacial score (nSPS) is 14.0. The number of hydrogen-bond donors (Lipinski definition) is 0. The summed E-state index contributed by atoms with van der Waals surface area (Å²) in [7, 11) is -0.0703. The summed E-state index contributed by atoms with van der Waals surface area (Å²) in [5.41, 5.74) is 3.00. The van der Waals surface area contributed by atoms with Gasteiger partial charge in [0, 0.05) is 87.3 Å². The Bertz CT molecular complexity index is 3360. The topological polar surface area (TPSA) is 239 Å². The Kier molecular flexibility index (Phi) is 26.6. The van der Waals surface area contributed by atoms with Gasteiger partial charge in [0.2, 0.25) is 23.4 Å². The number of ether oxygens (including phenoxy) is 8. The minimum Gasteiger partial charge on any atom is -0.476 e. The molecule has 1 saturated heterocycles. The van der Waals surface area contributed by atoms with Gasteiger partial charge in [-0.1, -0.05) is 62.5 Å². The van der Waals surface area contributed by atoms with Gasteiger partial charge in [0.15, 0.2) is 0 Å². The van der Waals surface area contributed by atoms with Gasteiger partial charge in [0.25, 0.3) is 0 Å². The molecule has 90 heavy (non-hydrogen) atoms. The largest absolute Gasteiger partial charge is 0.496 e. The van der Waals surface area contributed by atoms with Crippen LogP contribution in [0, 0.1) is 24.7 Å². The first-order valence-corrected chi connectivity index (χ1v) is 38.8. The van der Waals surface area contributed by atoms with Gasteiger partial charge in [-0.3, -0.25) is 19.6 Å². The summed E-state index contributed by atoms with van der Waals surface area (Å²) in [4.78, 5) is 50.2. The highest BCUT2D eigenvalue weighted by Crippen LogP contribution is 2.37. The highest BCUT2D eigenvalue weighted by atomic mass is 79.9. The maximum Gasteiger partial charge on any atom is 0.496 e. The first-order valence-electron chi connectivity index (χ1n) is 29.8. The highest BCUT2D eigenvalue weighted by Gasteiger charge is 2.52. The summed E-state index contributed by atoms with van der Waals surface area (Å²) >= 11 is 16.3. The van der Waals surface area contributed by atoms with E-state index in [0.717, 1.165) is 44.3 Å². The third-order valence-corrected chi connectivity index (χ3v) is 18.5. The van der Waals surface area contributed by atoms with E-state index in [1.807, 2.05) is 87.4 Å². The summed E-state index contributed by atoms with van der Waals surface area (Å²) in [5.74, 6) is 0.967. The molecule has 0 bridgehead atoms. The number of carbonyl (C=O) groups excluding carboxylic acids is 2. The Hall–Kier alpha value is -5.58. The van der Waals surface area contributed by atoms with Gasteiger partial charge in [0.1, 0.15) is 38.1 Å². The van der Waals surface area contributed by atoms with Crippen molar-refractivity contribution in [2.24, 2.45) is 10.8 Å². The predicted molar refractivity (Wildman–Crippen MR) is 359 cm³/mol. The zero-order chi connectivity index (χ0) is 67.3. The number of pyridine rings is 4. The van der Waals surface area contributed by atoms with E-state index in [1.165, 1.54) is 14.2 Å². The molecule has 28 heteroatoms. The van der Waals surface area contributed by atoms with Crippen LogP contribution in [0.1, 0.15) is 94.2 Å². The summed E-state index contributed by atoms with van der Waals surface area (Å²) in [6, 6.07) is 10.1. The van der Waals surface area contributed by atoms with E-state index in [0.29, 0.717) is 70.1 Å². The van der Waals surface area contributed by atoms with Crippen LogP contribution in [-0.2, 0) is 51.3 Å². The van der Waals surface area contributed by atoms with Crippen LogP contribution in [0.2, 0.25) is 61.4 Å². The molecule has 7 rings (SSSR count). The molecule has 6 aromatic heterocycles. The molecule has 0 radical (unpaired) electrons. The van der Waals surface area contributed by atoms with Crippen LogP contribution in [0.5, 0.6) is 23.8 Å². The molecule has 0 N–H and O–H groups in total. The molecule has 0 atom stereocenters. The fraction of sp³-hybridized carbons (Fsp3) is 0.581. The van der Waals surface area contributed by atoms with Crippen LogP contribution in [0.4, 0.5) is 0 Å². The van der Waals surface area contributed by atoms with Gasteiger partial charge >= 0.3 is 31.1 Å². The molecular formula is C62H92BBrCl2N10O12Si2. The van der Waals surface area contributed by atoms with Crippen LogP contribution in [0.25, 0.3) is 34.2 Å². The molecule has 22 nitrogen and oxygen atoms in total. The van der Waals surface area contributed by atoms with E-state index < -0.39 is 45.3 Å². The van der Waals surface area contributed by atoms with E-state index in [1.54, 1.807) is 67.9 Å². The Labute approximate surface area is 552 Å². The Balaban J connectivity index is 0.000000257. The fourth-order valence-electron chi connectivity index (χ4n) is 7.94. The number of rotatable bonds is 26. The molecule has 0 saturated carbocycles. The smallest absolute Gasteiger partial charge is 0.476 e. The lowest BCUT2D eigenvalue weighted by Crippen LogP contribution is -2.41. The lowest BCUT2D eigenvalue weighted by atomic mass is 9.77. The monoisotopic (exact) mass is 1380 g/mol. The highest BCUT2D eigenvalue weighted by molar-refractivity contribution is 9.10. The van der Waals surface area contributed by atoms with Gasteiger partial charge in [0.05, 0.1) is 58.5 Å². The molecular weight excluding hydrogens is 1290 g/mol. The van der Waals surface area contributed by atoms with Crippen molar-refractivity contribution in [1.82, 2.24) is 49.5 Å². The average Bonchev–Trinajstić information content (AvgIpc) is 1.63. The molecule has 0 aromatic carbocycles. The Morgan fingerprint density at radius 2 is 1.06 bits per heavy atom. The van der Waals surface area contributed by atoms with Gasteiger partial charge in [-0.15, -0.1) is 10.2 Å². The first kappa shape index (κ1) is 75.1. The SMILES string of the molecule is CC(C)Oc1nc(-c2ncc(Br)cc2Cl)nn1COCC[Si](C)(C)C.COC(=O)C(C)(C)COc1cc(C)c(-c2cnc(-c3nc(OC(C)C)n(COCC[Si](C)(C)C)n3)c(Cl)c2)cn1.COC(=O)C(C)(C)COc1cc(C)c(B2OC(C)(C)C(C)(C)O2)cn1. The molecule has 494 valence electrons. The molecule has 1 fully saturated rings. The number of hydrogen-bond acceptors (Lipinski definition) is 20. The van der Waals surface area contributed by atoms with Crippen LogP contribution < -0.4 is 24.4 Å². The van der Waals surface area contributed by atoms with Crippen molar-refractivity contribution < 1.29 is 56.8 Å². The van der Waals surface area contributed by atoms with Crippen LogP contribution in [-0.4, -0.2) is 149 Å². The maximum absolute atomic E-state index is 11.9. The second kappa shape index (κ2) is 31.8. The molecule has 1 aliphatic heterocycles. The van der Waals surface area contributed by atoms with E-state index >= 15 is 0 Å². The molecule has 6 aromatic rings. The number of aromatic nitrogens is 10. The lowest BCUT2D eigenvalue weighted by molar-refractivity contribution is -0.153. The number of halogens is 3. The quantitative estimate of drug-likeness (QED) is 0.0278. The number of aryl methyl sites for hydroxylation is 2. The second-order valence-corrected chi connectivity index (χ2v) is 40.1. The minimum atomic E-state index is -1.21. The Morgan fingerprint density at radius 3 is 1.44 bits per heavy atom. The lowest BCUT2D eigenvalue weighted by Gasteiger charge is -2.32. The van der Waals surface area contributed by atoms with Crippen molar-refractivity contribution in [1.29, 1.82) is 0 Å². The van der Waals surface area contributed by atoms with Crippen LogP contribution >= 0.6 is 39.1 Å². The molecule has 0 amide bonds. The van der Waals surface area contributed by atoms with Crippen LogP contribution in [0.15, 0.2) is 53.5 Å². The van der Waals surface area contributed by atoms with Crippen molar-refractivity contribution in [2.75, 3.05) is 40.6 Å². The van der Waals surface area contributed by atoms with Crippen molar-refractivity contribution in [3.63, 3.8) is 0 Å². The summed E-state index contributed by atoms with van der Waals surface area (Å²) < 4.78 is 60.5. The van der Waals surface area contributed by atoms with E-state index in [2.05, 4.69) is 95.3 Å². The van der Waals surface area contributed by atoms with Crippen molar-refractivity contribution in [3.05, 3.63) is 74.7 Å². The molecule has 0 unspecified atom stereocenters. The predicted octanol–water partition coefficient (Wildman–Crippen LogP) is 13.2. The zero-order valence-corrected chi connectivity index (χ0v) is 61.6. The first-order chi connectivity index (χ1) is 41.7. The van der Waals surface area contributed by atoms with Crippen molar-refractivity contribution in [2.45, 2.75) is 185 Å². The van der Waals surface area contributed by atoms with Crippen LogP contribution in [0.3, 0.4) is 0 Å². The Morgan fingerprint density at radius 1 is 0.633 bits per heavy atom. The third-order valence-electron chi connectivity index (χ3n) is 14.1. The molecule has 7 heterocycles. The summed E-state index contributed by atoms with van der Waals surface area (Å²) in [6.07, 6.45) is 6.67. The fourth-order valence-corrected chi connectivity index (χ4v) is 10.4. The number of carbonyl (C=O) groups is 2. The van der Waals surface area contributed by atoms with Gasteiger partial charge in [-0.05, 0) is 148 Å². The van der Waals surface area contributed by atoms with Gasteiger partial charge in [-0.2, -0.15) is 19.3 Å². The summed E-state index contributed by atoms with van der Waals surface area (Å²) in [6.45, 7) is 42.8. The summed E-state index contributed by atoms with van der Waals surface area (Å²) in [5, 5.41) is 9.91. The van der Waals surface area contributed by atoms with Gasteiger partial charge in [-0.25, -0.2) is 9.97 Å². The van der Waals surface area contributed by atoms with Crippen molar-refractivity contribution in [3.8, 4) is 57.9 Å². The average molecular weight is 1390 g/mol. The third kappa shape index (κ3) is 22.0. The van der Waals surface area contributed by atoms with Crippen molar-refractivity contribution >= 4 is 79.8 Å². The van der Waals surface area contributed by atoms with E-state index in [-0.39, 0.29) is 50.8 Å². The molecule has 1 aliphatic rings. The van der Waals surface area contributed by atoms with E-state index in [4.69, 9.17) is 70.4 Å². The zero-order valence-electron chi connectivity index (χ0n) is 56.5. The molecule has 0 spiro atoms. The number of methoxy groups -OCH3 is 2. The standard InChI is InChI=1S/C28H40ClN5O5Si.C18H28BNO5.C16H24BrClN4O2Si/c1-18(2)39-27-32-25(33-34(27)17-37-10-11-40(7,8)9)24-22(29)13-20(14-31-24)21-15-30-23(12-19(21)3)38-16-28(4,5)26(35)36-6;1-12-9-14(23-11-16(2,3)15(21)22-8)20-10-13(12)19-24-17(4,5)18(6,7)25-19;1-11(2)24-16-20-15(14-13(18)8-12(17)9-19-14)21-22(16)10-23-6-7-25(3,4)5/h12-15,18H,10-11,16-17H2,1-9H3;9-10H,11H2,1-8H3;8-9,11H,6-7,10H2,1-5H3. The number of esters is 2. The van der Waals surface area contributed by atoms with Gasteiger partial charge < -0.3 is 47.2 Å². The molecule has 0 aliphatic carbocycles.